The number of carbonyl (C=O) groups excluding carboxylic acids is 1. The molecule has 6 heteroatoms. The van der Waals surface area contributed by atoms with Crippen molar-refractivity contribution >= 4 is 23.7 Å². The van der Waals surface area contributed by atoms with Crippen LogP contribution < -0.4 is 0 Å². The van der Waals surface area contributed by atoms with Crippen molar-refractivity contribution < 1.29 is 18.0 Å². The van der Waals surface area contributed by atoms with E-state index in [0.29, 0.717) is 12.1 Å². The second-order valence-corrected chi connectivity index (χ2v) is 6.81. The molecule has 1 saturated heterocycles. The van der Waals surface area contributed by atoms with Crippen molar-refractivity contribution in [2.75, 3.05) is 12.3 Å². The van der Waals surface area contributed by atoms with E-state index >= 15 is 0 Å². The molecule has 2 aromatic carbocycles. The molecule has 0 radical (unpaired) electrons. The first-order chi connectivity index (χ1) is 11.9. The Labute approximate surface area is 148 Å². The Morgan fingerprint density at radius 1 is 1.08 bits per heavy atom. The van der Waals surface area contributed by atoms with Gasteiger partial charge in [0.15, 0.2) is 0 Å². The average Bonchev–Trinajstić information content (AvgIpc) is 3.10. The van der Waals surface area contributed by atoms with Crippen LogP contribution in [0.2, 0.25) is 0 Å². The van der Waals surface area contributed by atoms with Crippen molar-refractivity contribution in [3.05, 3.63) is 77.4 Å². The van der Waals surface area contributed by atoms with Gasteiger partial charge >= 0.3 is 6.18 Å². The Morgan fingerprint density at radius 2 is 1.76 bits per heavy atom. The molecule has 1 heterocycles. The summed E-state index contributed by atoms with van der Waals surface area (Å²) >= 11 is 1.56. The molecule has 1 aliphatic heterocycles. The second kappa shape index (κ2) is 7.35. The predicted molar refractivity (Wildman–Crippen MR) is 93.8 cm³/mol. The summed E-state index contributed by atoms with van der Waals surface area (Å²) in [5.41, 5.74) is 0.951. The second-order valence-electron chi connectivity index (χ2n) is 5.62. The summed E-state index contributed by atoms with van der Waals surface area (Å²) in [7, 11) is 0. The largest absolute Gasteiger partial charge is 0.416 e. The molecule has 0 saturated carbocycles. The molecule has 1 atom stereocenters. The van der Waals surface area contributed by atoms with Gasteiger partial charge in [-0.05, 0) is 29.3 Å². The number of benzene rings is 2. The normalized spacial score (nSPS) is 18.0. The molecule has 2 nitrogen and oxygen atoms in total. The van der Waals surface area contributed by atoms with E-state index in [-0.39, 0.29) is 11.3 Å². The highest BCUT2D eigenvalue weighted by Gasteiger charge is 2.32. The first-order valence-corrected chi connectivity index (χ1v) is 8.82. The van der Waals surface area contributed by atoms with Gasteiger partial charge in [0.2, 0.25) is 5.91 Å². The van der Waals surface area contributed by atoms with E-state index in [1.165, 1.54) is 18.2 Å². The van der Waals surface area contributed by atoms with Gasteiger partial charge in [-0.2, -0.15) is 13.2 Å². The molecule has 1 aliphatic rings. The van der Waals surface area contributed by atoms with Gasteiger partial charge in [-0.3, -0.25) is 4.79 Å². The van der Waals surface area contributed by atoms with Crippen LogP contribution in [0.5, 0.6) is 0 Å². The lowest BCUT2D eigenvalue weighted by atomic mass is 10.1. The Bertz CT molecular complexity index is 756. The minimum Gasteiger partial charge on any atom is -0.322 e. The van der Waals surface area contributed by atoms with Crippen LogP contribution in [0.15, 0.2) is 60.7 Å². The smallest absolute Gasteiger partial charge is 0.322 e. The van der Waals surface area contributed by atoms with E-state index in [1.807, 2.05) is 30.3 Å². The number of thioether (sulfide) groups is 1. The zero-order chi connectivity index (χ0) is 17.9. The fourth-order valence-corrected chi connectivity index (χ4v) is 3.90. The average molecular weight is 363 g/mol. The SMILES string of the molecule is O=C(/C=C/c1ccccc1)N1CCS[C@H]1c1ccc(C(F)(F)F)cc1. The van der Waals surface area contributed by atoms with Gasteiger partial charge in [0.25, 0.3) is 0 Å². The molecule has 0 N–H and O–H groups in total. The van der Waals surface area contributed by atoms with Crippen molar-refractivity contribution in [3.63, 3.8) is 0 Å². The molecule has 3 rings (SSSR count). The monoisotopic (exact) mass is 363 g/mol. The minimum atomic E-state index is -4.35. The van der Waals surface area contributed by atoms with Crippen LogP contribution in [0.25, 0.3) is 6.08 Å². The molecule has 0 bridgehead atoms. The van der Waals surface area contributed by atoms with E-state index < -0.39 is 11.7 Å². The third-order valence-corrected chi connectivity index (χ3v) is 5.18. The minimum absolute atomic E-state index is 0.140. The van der Waals surface area contributed by atoms with Gasteiger partial charge in [0.05, 0.1) is 5.56 Å². The zero-order valence-corrected chi connectivity index (χ0v) is 14.1. The van der Waals surface area contributed by atoms with Crippen LogP contribution in [-0.2, 0) is 11.0 Å². The summed E-state index contributed by atoms with van der Waals surface area (Å²) < 4.78 is 38.1. The predicted octanol–water partition coefficient (Wildman–Crippen LogP) is 4.99. The molecule has 25 heavy (non-hydrogen) atoms. The molecule has 0 unspecified atom stereocenters. The molecule has 2 aromatic rings. The van der Waals surface area contributed by atoms with E-state index in [4.69, 9.17) is 0 Å². The highest BCUT2D eigenvalue weighted by Crippen LogP contribution is 2.39. The maximum atomic E-state index is 12.7. The molecule has 0 spiro atoms. The van der Waals surface area contributed by atoms with Gasteiger partial charge in [-0.1, -0.05) is 42.5 Å². The first kappa shape index (κ1) is 17.6. The Hall–Kier alpha value is -2.21. The highest BCUT2D eigenvalue weighted by atomic mass is 32.2. The lowest BCUT2D eigenvalue weighted by Gasteiger charge is -2.23. The van der Waals surface area contributed by atoms with Crippen molar-refractivity contribution in [3.8, 4) is 0 Å². The third kappa shape index (κ3) is 4.25. The summed E-state index contributed by atoms with van der Waals surface area (Å²) in [6.07, 6.45) is -1.09. The number of nitrogens with zero attached hydrogens (tertiary/aromatic N) is 1. The standard InChI is InChI=1S/C19H16F3NOS/c20-19(21,22)16-9-7-15(8-10-16)18-23(12-13-25-18)17(24)11-6-14-4-2-1-3-5-14/h1-11,18H,12-13H2/b11-6+/t18-/m0/s1. The summed E-state index contributed by atoms with van der Waals surface area (Å²) in [6.45, 7) is 0.578. The van der Waals surface area contributed by atoms with Gasteiger partial charge < -0.3 is 4.90 Å². The van der Waals surface area contributed by atoms with Crippen LogP contribution in [0.1, 0.15) is 22.1 Å². The third-order valence-electron chi connectivity index (χ3n) is 3.92. The molecule has 0 aliphatic carbocycles. The van der Waals surface area contributed by atoms with Crippen LogP contribution in [0.3, 0.4) is 0 Å². The maximum Gasteiger partial charge on any atom is 0.416 e. The lowest BCUT2D eigenvalue weighted by molar-refractivity contribution is -0.137. The lowest BCUT2D eigenvalue weighted by Crippen LogP contribution is -2.28. The van der Waals surface area contributed by atoms with Crippen LogP contribution >= 0.6 is 11.8 Å². The molecular weight excluding hydrogens is 347 g/mol. The van der Waals surface area contributed by atoms with Crippen LogP contribution in [0, 0.1) is 0 Å². The summed E-state index contributed by atoms with van der Waals surface area (Å²) in [6, 6.07) is 14.5. The van der Waals surface area contributed by atoms with Crippen LogP contribution in [0.4, 0.5) is 13.2 Å². The fraction of sp³-hybridized carbons (Fsp3) is 0.211. The zero-order valence-electron chi connectivity index (χ0n) is 13.2. The Balaban J connectivity index is 1.74. The van der Waals surface area contributed by atoms with Crippen molar-refractivity contribution in [2.24, 2.45) is 0 Å². The molecule has 0 aromatic heterocycles. The number of halogens is 3. The summed E-state index contributed by atoms with van der Waals surface area (Å²) in [5, 5.41) is -0.254. The number of carbonyl (C=O) groups is 1. The van der Waals surface area contributed by atoms with E-state index in [2.05, 4.69) is 0 Å². The molecule has 1 fully saturated rings. The Kier molecular flexibility index (Phi) is 5.18. The number of rotatable bonds is 3. The van der Waals surface area contributed by atoms with E-state index in [0.717, 1.165) is 23.4 Å². The van der Waals surface area contributed by atoms with Crippen molar-refractivity contribution in [1.82, 2.24) is 4.90 Å². The van der Waals surface area contributed by atoms with Gasteiger partial charge in [0.1, 0.15) is 5.37 Å². The highest BCUT2D eigenvalue weighted by molar-refractivity contribution is 7.99. The summed E-state index contributed by atoms with van der Waals surface area (Å²) in [4.78, 5) is 14.2. The Morgan fingerprint density at radius 3 is 2.40 bits per heavy atom. The number of hydrogen-bond acceptors (Lipinski definition) is 2. The van der Waals surface area contributed by atoms with Gasteiger partial charge in [-0.25, -0.2) is 0 Å². The molecule has 130 valence electrons. The number of hydrogen-bond donors (Lipinski definition) is 0. The maximum absolute atomic E-state index is 12.7. The van der Waals surface area contributed by atoms with Gasteiger partial charge in [0, 0.05) is 18.4 Å². The summed E-state index contributed by atoms with van der Waals surface area (Å²) in [5.74, 6) is 0.620. The fourth-order valence-electron chi connectivity index (χ4n) is 2.64. The van der Waals surface area contributed by atoms with E-state index in [1.54, 1.807) is 22.7 Å². The van der Waals surface area contributed by atoms with Crippen molar-refractivity contribution in [2.45, 2.75) is 11.6 Å². The number of alkyl halides is 3. The van der Waals surface area contributed by atoms with E-state index in [9.17, 15) is 18.0 Å². The van der Waals surface area contributed by atoms with Gasteiger partial charge in [-0.15, -0.1) is 11.8 Å². The molecular formula is C19H16F3NOS. The van der Waals surface area contributed by atoms with Crippen LogP contribution in [-0.4, -0.2) is 23.1 Å². The van der Waals surface area contributed by atoms with Crippen molar-refractivity contribution in [1.29, 1.82) is 0 Å². The first-order valence-electron chi connectivity index (χ1n) is 7.77. The quantitative estimate of drug-likeness (QED) is 0.716. The number of amides is 1. The molecule has 1 amide bonds. The topological polar surface area (TPSA) is 20.3 Å².